The lowest BCUT2D eigenvalue weighted by molar-refractivity contribution is 0.210. The van der Waals surface area contributed by atoms with Gasteiger partial charge in [-0.05, 0) is 56.7 Å². The van der Waals surface area contributed by atoms with E-state index in [1.165, 1.54) is 12.8 Å². The fourth-order valence-electron chi connectivity index (χ4n) is 2.87. The minimum absolute atomic E-state index is 0.00606. The molecule has 2 rings (SSSR count). The molecule has 1 atom stereocenters. The highest BCUT2D eigenvalue weighted by Crippen LogP contribution is 2.26. The molecule has 0 unspecified atom stereocenters. The van der Waals surface area contributed by atoms with Crippen LogP contribution < -0.4 is 9.46 Å². The van der Waals surface area contributed by atoms with Crippen LogP contribution in [0, 0.1) is 0 Å². The van der Waals surface area contributed by atoms with Crippen molar-refractivity contribution in [3.05, 3.63) is 42.0 Å². The molecule has 1 fully saturated rings. The van der Waals surface area contributed by atoms with E-state index in [2.05, 4.69) is 4.72 Å². The largest absolute Gasteiger partial charge is 0.490 e. The van der Waals surface area contributed by atoms with E-state index in [9.17, 15) is 8.42 Å². The lowest BCUT2D eigenvalue weighted by atomic mass is 10.1. The number of sulfonamides is 1. The van der Waals surface area contributed by atoms with Gasteiger partial charge in [0.05, 0.1) is 18.5 Å². The molecule has 0 radical (unpaired) electrons. The summed E-state index contributed by atoms with van der Waals surface area (Å²) in [5.41, 5.74) is 0.889. The van der Waals surface area contributed by atoms with Gasteiger partial charge in [0, 0.05) is 6.04 Å². The van der Waals surface area contributed by atoms with Crippen LogP contribution in [0.3, 0.4) is 0 Å². The first-order valence-corrected chi connectivity index (χ1v) is 10.2. The molecule has 0 amide bonds. The zero-order valence-electron chi connectivity index (χ0n) is 14.1. The smallest absolute Gasteiger partial charge is 0.212 e. The molecular weight excluding hydrogens is 326 g/mol. The van der Waals surface area contributed by atoms with Crippen molar-refractivity contribution in [3.63, 3.8) is 0 Å². The van der Waals surface area contributed by atoms with Crippen LogP contribution in [0.25, 0.3) is 0 Å². The fraction of sp³-hybridized carbons (Fsp3) is 0.556. The third-order valence-corrected chi connectivity index (χ3v) is 5.63. The van der Waals surface area contributed by atoms with E-state index >= 15 is 0 Å². The van der Waals surface area contributed by atoms with Crippen LogP contribution in [0.5, 0.6) is 5.75 Å². The van der Waals surface area contributed by atoms with Crippen molar-refractivity contribution in [1.29, 1.82) is 0 Å². The van der Waals surface area contributed by atoms with Gasteiger partial charge >= 0.3 is 0 Å². The van der Waals surface area contributed by atoms with Gasteiger partial charge in [-0.3, -0.25) is 0 Å². The molecule has 1 aromatic rings. The van der Waals surface area contributed by atoms with Gasteiger partial charge in [0.2, 0.25) is 10.0 Å². The number of allylic oxidation sites excluding steroid dienone is 1. The number of benzene rings is 1. The number of hydrogen-bond donors (Lipinski definition) is 2. The Hall–Kier alpha value is -1.37. The zero-order valence-corrected chi connectivity index (χ0v) is 15.0. The molecule has 1 aliphatic carbocycles. The molecule has 5 nitrogen and oxygen atoms in total. The molecule has 6 heteroatoms. The highest BCUT2D eigenvalue weighted by atomic mass is 32.2. The van der Waals surface area contributed by atoms with Crippen LogP contribution in [0.4, 0.5) is 0 Å². The maximum absolute atomic E-state index is 12.1. The Morgan fingerprint density at radius 3 is 2.79 bits per heavy atom. The summed E-state index contributed by atoms with van der Waals surface area (Å²) in [4.78, 5) is 0. The maximum Gasteiger partial charge on any atom is 0.212 e. The first kappa shape index (κ1) is 19.0. The Balaban J connectivity index is 1.93. The minimum Gasteiger partial charge on any atom is -0.490 e. The van der Waals surface area contributed by atoms with E-state index < -0.39 is 10.0 Å². The number of nitrogens with one attached hydrogen (secondary N) is 1. The van der Waals surface area contributed by atoms with E-state index in [1.807, 2.05) is 31.2 Å². The highest BCUT2D eigenvalue weighted by Gasteiger charge is 2.18. The summed E-state index contributed by atoms with van der Waals surface area (Å²) in [5, 5.41) is 8.65. The van der Waals surface area contributed by atoms with Crippen molar-refractivity contribution < 1.29 is 18.3 Å². The fourth-order valence-corrected chi connectivity index (χ4v) is 4.11. The number of aliphatic hydroxyl groups excluding tert-OH is 1. The Morgan fingerprint density at radius 2 is 2.08 bits per heavy atom. The van der Waals surface area contributed by atoms with E-state index in [0.717, 1.165) is 24.2 Å². The molecule has 134 valence electrons. The second-order valence-corrected chi connectivity index (χ2v) is 8.07. The summed E-state index contributed by atoms with van der Waals surface area (Å²) >= 11 is 0. The van der Waals surface area contributed by atoms with Gasteiger partial charge in [-0.25, -0.2) is 13.1 Å². The Bertz CT molecular complexity index is 636. The number of aliphatic hydroxyl groups is 1. The predicted octanol–water partition coefficient (Wildman–Crippen LogP) is 2.93. The van der Waals surface area contributed by atoms with E-state index in [-0.39, 0.29) is 24.5 Å². The van der Waals surface area contributed by atoms with E-state index in [0.29, 0.717) is 6.42 Å². The van der Waals surface area contributed by atoms with E-state index in [1.54, 1.807) is 12.2 Å². The van der Waals surface area contributed by atoms with E-state index in [4.69, 9.17) is 9.84 Å². The van der Waals surface area contributed by atoms with Crippen LogP contribution in [-0.2, 0) is 10.0 Å². The Morgan fingerprint density at radius 1 is 1.33 bits per heavy atom. The molecule has 1 saturated carbocycles. The molecule has 2 N–H and O–H groups in total. The van der Waals surface area contributed by atoms with Gasteiger partial charge in [-0.2, -0.15) is 0 Å². The monoisotopic (exact) mass is 353 g/mol. The molecule has 0 heterocycles. The molecule has 0 saturated heterocycles. The van der Waals surface area contributed by atoms with Crippen molar-refractivity contribution in [2.75, 3.05) is 12.4 Å². The quantitative estimate of drug-likeness (QED) is 0.669. The lowest BCUT2D eigenvalue weighted by Crippen LogP contribution is -2.29. The minimum atomic E-state index is -3.37. The first-order chi connectivity index (χ1) is 11.5. The number of ether oxygens (including phenoxy) is 1. The summed E-state index contributed by atoms with van der Waals surface area (Å²) in [7, 11) is -3.37. The summed E-state index contributed by atoms with van der Waals surface area (Å²) in [6.45, 7) is 1.76. The molecule has 24 heavy (non-hydrogen) atoms. The average molecular weight is 353 g/mol. The summed E-state index contributed by atoms with van der Waals surface area (Å²) < 4.78 is 32.9. The molecular formula is C18H27NO4S. The van der Waals surface area contributed by atoms with Gasteiger partial charge in [-0.15, -0.1) is 0 Å². The number of hydrogen-bond acceptors (Lipinski definition) is 4. The topological polar surface area (TPSA) is 75.6 Å². The van der Waals surface area contributed by atoms with Crippen LogP contribution in [-0.4, -0.2) is 32.0 Å². The van der Waals surface area contributed by atoms with Gasteiger partial charge < -0.3 is 9.84 Å². The standard InChI is InChI=1S/C18H27NO4S/c1-15(19-24(21,22)13-6-2-5-12-20)16-8-7-11-18(14-16)23-17-9-3-4-10-17/h2,5,7-8,11,14-15,17,19-20H,3-4,6,9-10,12-13H2,1H3/b5-2+/t15-/m1/s1. The third kappa shape index (κ3) is 6.26. The van der Waals surface area contributed by atoms with Crippen LogP contribution in [0.15, 0.2) is 36.4 Å². The summed E-state index contributed by atoms with van der Waals surface area (Å²) in [6.07, 6.45) is 8.49. The van der Waals surface area contributed by atoms with Crippen molar-refractivity contribution in [2.24, 2.45) is 0 Å². The Kier molecular flexibility index (Phi) is 7.27. The maximum atomic E-state index is 12.1. The Labute approximate surface area is 144 Å². The van der Waals surface area contributed by atoms with Crippen molar-refractivity contribution >= 4 is 10.0 Å². The van der Waals surface area contributed by atoms with Crippen molar-refractivity contribution in [3.8, 4) is 5.75 Å². The third-order valence-electron chi connectivity index (χ3n) is 4.14. The van der Waals surface area contributed by atoms with Gasteiger partial charge in [0.15, 0.2) is 0 Å². The molecule has 0 bridgehead atoms. The highest BCUT2D eigenvalue weighted by molar-refractivity contribution is 7.89. The zero-order chi connectivity index (χ0) is 17.4. The molecule has 0 spiro atoms. The van der Waals surface area contributed by atoms with Crippen molar-refractivity contribution in [1.82, 2.24) is 4.72 Å². The van der Waals surface area contributed by atoms with Gasteiger partial charge in [0.1, 0.15) is 5.75 Å². The lowest BCUT2D eigenvalue weighted by Gasteiger charge is -2.17. The molecule has 1 aromatic carbocycles. The molecule has 0 aliphatic heterocycles. The number of rotatable bonds is 9. The molecule has 0 aromatic heterocycles. The summed E-state index contributed by atoms with van der Waals surface area (Å²) in [6, 6.07) is 7.32. The van der Waals surface area contributed by atoms with Crippen molar-refractivity contribution in [2.45, 2.75) is 51.2 Å². The van der Waals surface area contributed by atoms with Crippen LogP contribution in [0.1, 0.15) is 50.6 Å². The second-order valence-electron chi connectivity index (χ2n) is 6.20. The van der Waals surface area contributed by atoms with Crippen LogP contribution >= 0.6 is 0 Å². The average Bonchev–Trinajstić information content (AvgIpc) is 3.04. The first-order valence-electron chi connectivity index (χ1n) is 8.52. The second kappa shape index (κ2) is 9.20. The molecule has 1 aliphatic rings. The van der Waals surface area contributed by atoms with Crippen LogP contribution in [0.2, 0.25) is 0 Å². The summed E-state index contributed by atoms with van der Waals surface area (Å²) in [5.74, 6) is 0.808. The van der Waals surface area contributed by atoms with Gasteiger partial charge in [0.25, 0.3) is 0 Å². The normalized spacial score (nSPS) is 17.4. The van der Waals surface area contributed by atoms with Gasteiger partial charge in [-0.1, -0.05) is 24.3 Å². The predicted molar refractivity (Wildman–Crippen MR) is 95.5 cm³/mol. The SMILES string of the molecule is C[C@@H](NS(=O)(=O)CC/C=C/CO)c1cccc(OC2CCCC2)c1.